The average Bonchev–Trinajstić information content (AvgIpc) is 0.792. The zero-order valence-electron chi connectivity index (χ0n) is 68.9. The lowest BCUT2D eigenvalue weighted by molar-refractivity contribution is -0.308. The molecule has 2 bridgehead atoms. The zero-order chi connectivity index (χ0) is 79.9. The molecule has 3 heterocycles. The number of carbonyl (C=O) groups is 9. The number of unbranched alkanes of at least 4 members (excludes halogenated alkanes) is 24. The number of Topliss-reactive ketones (excluding diaryl/α,β-unsaturated/α-hetero) is 2. The molecular weight excluding hydrogens is 1390 g/mol. The van der Waals surface area contributed by atoms with Gasteiger partial charge < -0.3 is 62.5 Å². The number of cyclic esters (lactones) is 1. The number of rotatable bonds is 48. The van der Waals surface area contributed by atoms with Gasteiger partial charge in [0.05, 0.1) is 50.0 Å². The molecule has 22 nitrogen and oxygen atoms in total. The Morgan fingerprint density at radius 1 is 0.596 bits per heavy atom. The third kappa shape index (κ3) is 36.1. The number of fused-ring (bicyclic) bond motifs is 3. The van der Waals surface area contributed by atoms with Gasteiger partial charge in [-0.25, -0.2) is 4.79 Å². The van der Waals surface area contributed by atoms with Gasteiger partial charge in [0.2, 0.25) is 0 Å². The minimum atomic E-state index is -2.59. The predicted octanol–water partition coefficient (Wildman–Crippen LogP) is 16.3. The minimum Gasteiger partial charge on any atom is -0.466 e. The Bertz CT molecular complexity index is 2700. The molecule has 1 aliphatic carbocycles. The molecule has 14 atom stereocenters. The number of carbonyl (C=O) groups excluding carboxylic acids is 9. The predicted molar refractivity (Wildman–Crippen MR) is 418 cm³/mol. The molecule has 0 spiro atoms. The van der Waals surface area contributed by atoms with Crippen LogP contribution >= 0.6 is 0 Å². The van der Waals surface area contributed by atoms with Crippen molar-refractivity contribution in [1.29, 1.82) is 0 Å². The molecule has 2 N–H and O–H groups in total. The first-order chi connectivity index (χ1) is 52.4. The topological polar surface area (TPSA) is 290 Å². The van der Waals surface area contributed by atoms with Crippen LogP contribution in [0.3, 0.4) is 0 Å². The Kier molecular flexibility index (Phi) is 48.6. The summed E-state index contributed by atoms with van der Waals surface area (Å²) in [5.74, 6) is -12.3. The minimum absolute atomic E-state index is 0.0478. The van der Waals surface area contributed by atoms with Gasteiger partial charge in [0.15, 0.2) is 6.10 Å². The molecule has 1 unspecified atom stereocenters. The van der Waals surface area contributed by atoms with Crippen molar-refractivity contribution >= 4 is 53.3 Å². The number of aliphatic hydroxyl groups is 2. The van der Waals surface area contributed by atoms with Gasteiger partial charge in [0.1, 0.15) is 37.2 Å². The van der Waals surface area contributed by atoms with E-state index in [-0.39, 0.29) is 82.5 Å². The summed E-state index contributed by atoms with van der Waals surface area (Å²) in [7, 11) is 4.50. The van der Waals surface area contributed by atoms with Gasteiger partial charge in [0, 0.05) is 71.3 Å². The lowest BCUT2D eigenvalue weighted by atomic mass is 9.81. The highest BCUT2D eigenvalue weighted by Crippen LogP contribution is 2.42. The van der Waals surface area contributed by atoms with Crippen molar-refractivity contribution in [3.8, 4) is 0 Å². The Morgan fingerprint density at radius 2 is 1.10 bits per heavy atom. The number of amides is 1. The van der Waals surface area contributed by atoms with Crippen LogP contribution in [0, 0.1) is 29.6 Å². The lowest BCUT2D eigenvalue weighted by Gasteiger charge is -2.48. The molecule has 624 valence electrons. The van der Waals surface area contributed by atoms with E-state index in [4.69, 9.17) is 47.4 Å². The highest BCUT2D eigenvalue weighted by atomic mass is 16.7. The second-order valence-electron chi connectivity index (χ2n) is 32.0. The largest absolute Gasteiger partial charge is 0.466 e. The maximum atomic E-state index is 15.6. The molecule has 0 aromatic heterocycles. The molecular formula is C87H145NO21. The van der Waals surface area contributed by atoms with E-state index in [9.17, 15) is 43.8 Å². The number of aliphatic hydroxyl groups excluding tert-OH is 2. The second-order valence-corrected chi connectivity index (χ2v) is 32.0. The number of piperidine rings is 1. The molecule has 4 rings (SSSR count). The summed E-state index contributed by atoms with van der Waals surface area (Å²) in [5.41, 5.74) is 1.46. The van der Waals surface area contributed by atoms with E-state index in [0.29, 0.717) is 69.8 Å². The van der Waals surface area contributed by atoms with E-state index in [0.717, 1.165) is 49.0 Å². The van der Waals surface area contributed by atoms with E-state index in [2.05, 4.69) is 20.4 Å². The van der Waals surface area contributed by atoms with Crippen LogP contribution in [0.2, 0.25) is 0 Å². The first-order valence-electron chi connectivity index (χ1n) is 42.5. The van der Waals surface area contributed by atoms with Crippen LogP contribution in [0.4, 0.5) is 0 Å². The number of ketones is 2. The molecule has 0 aromatic carbocycles. The van der Waals surface area contributed by atoms with Crippen molar-refractivity contribution < 1.29 is 101 Å². The third-order valence-electron chi connectivity index (χ3n) is 22.6. The zero-order valence-corrected chi connectivity index (χ0v) is 68.9. The fourth-order valence-corrected chi connectivity index (χ4v) is 15.9. The summed E-state index contributed by atoms with van der Waals surface area (Å²) in [4.78, 5) is 128. The van der Waals surface area contributed by atoms with Crippen LogP contribution in [0.15, 0.2) is 36.0 Å². The second kappa shape index (κ2) is 55.1. The van der Waals surface area contributed by atoms with Gasteiger partial charge in [-0.2, -0.15) is 0 Å². The number of methoxy groups -OCH3 is 3. The quantitative estimate of drug-likeness (QED) is 0.0188. The van der Waals surface area contributed by atoms with Crippen LogP contribution in [0.5, 0.6) is 0 Å². The fourth-order valence-electron chi connectivity index (χ4n) is 15.9. The summed E-state index contributed by atoms with van der Waals surface area (Å²) in [6.07, 6.45) is 30.9. The maximum absolute atomic E-state index is 15.6. The van der Waals surface area contributed by atoms with E-state index in [1.807, 2.05) is 26.0 Å². The fraction of sp³-hybridized carbons (Fsp3) is 0.828. The number of nitrogens with zero attached hydrogens (tertiary/aromatic N) is 1. The van der Waals surface area contributed by atoms with Crippen molar-refractivity contribution in [2.24, 2.45) is 29.6 Å². The number of ether oxygens (including phenoxy) is 10. The van der Waals surface area contributed by atoms with Crippen molar-refractivity contribution in [2.75, 3.05) is 47.7 Å². The van der Waals surface area contributed by atoms with Crippen LogP contribution < -0.4 is 0 Å². The van der Waals surface area contributed by atoms with Crippen molar-refractivity contribution in [3.05, 3.63) is 36.0 Å². The molecule has 1 saturated carbocycles. The Labute approximate surface area is 654 Å². The van der Waals surface area contributed by atoms with E-state index >= 15 is 9.59 Å². The van der Waals surface area contributed by atoms with Gasteiger partial charge in [-0.15, -0.1) is 6.58 Å². The molecule has 1 amide bonds. The first kappa shape index (κ1) is 96.0. The Hall–Kier alpha value is -5.39. The summed E-state index contributed by atoms with van der Waals surface area (Å²) < 4.78 is 59.5. The van der Waals surface area contributed by atoms with Crippen LogP contribution in [-0.2, 0) is 90.5 Å². The highest BCUT2D eigenvalue weighted by Gasteiger charge is 2.60. The molecule has 109 heavy (non-hydrogen) atoms. The summed E-state index contributed by atoms with van der Waals surface area (Å²) in [6, 6.07) is -1.31. The number of esters is 6. The summed E-state index contributed by atoms with van der Waals surface area (Å²) in [5, 5.41) is 22.7. The standard InChI is InChI=1S/C87H145NO21/c1-12-15-17-19-21-23-25-27-29-31-33-35-37-44-77(92)104-60-69(61-105-78(93)45-38-36-34-32-30-28-26-24-22-20-18-16-13-2)106-80(95)50-49-79(94)103-52-41-46-81(96)108-87-65(7)57-76(102-11)83(109-87)75(101-10)55-63(5)53-62(4)54-68(42-14-3)73(91)59-72(90)66(8)82(64(6)56-67-47-48-71(89)74(58-67)100-9)107-86(99)70-43-39-40-51-88(70)85(98)84(87)97/h14,54,56,63,65-72,74-76,82-83,89-90H,3,12-13,15-53,55,57-61H2,1-2,4-11H3/b62-54+,64-56+/t63-,65+,66+,67?,68+,70-,71+,72-,74+,75-,76-,82+,83+,87+/m0/s1. The first-order valence-corrected chi connectivity index (χ1v) is 42.5. The van der Waals surface area contributed by atoms with Crippen molar-refractivity contribution in [3.63, 3.8) is 0 Å². The van der Waals surface area contributed by atoms with Gasteiger partial charge in [-0.1, -0.05) is 213 Å². The van der Waals surface area contributed by atoms with Crippen LogP contribution in [0.1, 0.15) is 325 Å². The van der Waals surface area contributed by atoms with Crippen LogP contribution in [-0.4, -0.2) is 177 Å². The third-order valence-corrected chi connectivity index (χ3v) is 22.6. The Morgan fingerprint density at radius 3 is 1.63 bits per heavy atom. The smallest absolute Gasteiger partial charge is 0.329 e. The molecule has 4 aliphatic rings. The molecule has 0 aromatic rings. The van der Waals surface area contributed by atoms with Gasteiger partial charge in [0.25, 0.3) is 17.5 Å². The number of allylic oxidation sites excluding steroid dienone is 4. The van der Waals surface area contributed by atoms with Gasteiger partial charge in [-0.05, 0) is 115 Å². The van der Waals surface area contributed by atoms with Crippen molar-refractivity contribution in [2.45, 2.75) is 385 Å². The van der Waals surface area contributed by atoms with Crippen molar-refractivity contribution in [1.82, 2.24) is 4.90 Å². The van der Waals surface area contributed by atoms with E-state index in [1.165, 1.54) is 137 Å². The van der Waals surface area contributed by atoms with Gasteiger partial charge in [-0.3, -0.25) is 38.4 Å². The molecule has 2 saturated heterocycles. The average molecular weight is 1540 g/mol. The number of hydrogen-bond donors (Lipinski definition) is 2. The summed E-state index contributed by atoms with van der Waals surface area (Å²) >= 11 is 0. The SMILES string of the molecule is C=CC[C@@H]1/C=C(\C)C[C@H](C)C[C@H](OC)[C@H]2O[C@@](OC(=O)CCCOC(=O)CCC(=O)OC(COC(=O)CCCCCCCCCCCCCCC)COC(=O)CCCCCCCCCCCCCCC)(C(=O)C(=O)N3CCCC[C@H]3C(=O)O[C@H](/C(C)=C/C3CC[C@@H](O)[C@H](OC)C3)[C@H](C)[C@@H](O)CC1=O)[C@H](C)C[C@@H]2OC. The van der Waals surface area contributed by atoms with E-state index in [1.54, 1.807) is 26.8 Å². The molecule has 22 heteroatoms. The molecule has 0 radical (unpaired) electrons. The molecule has 3 aliphatic heterocycles. The maximum Gasteiger partial charge on any atom is 0.329 e. The number of hydrogen-bond acceptors (Lipinski definition) is 21. The Balaban J connectivity index is 1.47. The monoisotopic (exact) mass is 1540 g/mol. The lowest BCUT2D eigenvalue weighted by Crippen LogP contribution is -2.66. The normalized spacial score (nSPS) is 26.8. The van der Waals surface area contributed by atoms with Gasteiger partial charge >= 0.3 is 35.8 Å². The van der Waals surface area contributed by atoms with E-state index < -0.39 is 145 Å². The highest BCUT2D eigenvalue weighted by molar-refractivity contribution is 6.39. The molecule has 3 fully saturated rings. The van der Waals surface area contributed by atoms with Crippen LogP contribution in [0.25, 0.3) is 0 Å². The summed E-state index contributed by atoms with van der Waals surface area (Å²) in [6.45, 7) is 16.3.